The third-order valence-corrected chi connectivity index (χ3v) is 7.96. The molecule has 0 heterocycles. The van der Waals surface area contributed by atoms with Gasteiger partial charge in [0.2, 0.25) is 0 Å². The van der Waals surface area contributed by atoms with E-state index in [9.17, 15) is 15.3 Å². The first-order valence-electron chi connectivity index (χ1n) is 10.8. The van der Waals surface area contributed by atoms with Gasteiger partial charge in [-0.2, -0.15) is 0 Å². The first-order chi connectivity index (χ1) is 14.0. The summed E-state index contributed by atoms with van der Waals surface area (Å²) in [5, 5.41) is 31.6. The molecule has 7 atom stereocenters. The molecule has 5 rings (SSSR count). The van der Waals surface area contributed by atoms with E-state index in [0.717, 1.165) is 37.0 Å². The summed E-state index contributed by atoms with van der Waals surface area (Å²) in [5.41, 5.74) is 3.47. The van der Waals surface area contributed by atoms with Crippen LogP contribution in [0, 0.1) is 17.3 Å². The maximum Gasteiger partial charge on any atom is 0.120 e. The van der Waals surface area contributed by atoms with Gasteiger partial charge >= 0.3 is 0 Å². The summed E-state index contributed by atoms with van der Waals surface area (Å²) in [4.78, 5) is 0. The smallest absolute Gasteiger partial charge is 0.120 e. The molecule has 0 amide bonds. The minimum atomic E-state index is -1.03. The number of aliphatic hydroxyl groups is 3. The number of hydrogen-bond acceptors (Lipinski definition) is 4. The number of benzene rings is 2. The van der Waals surface area contributed by atoms with Crippen LogP contribution in [0.15, 0.2) is 48.5 Å². The summed E-state index contributed by atoms with van der Waals surface area (Å²) in [6.45, 7) is 2.61. The van der Waals surface area contributed by atoms with Gasteiger partial charge in [0.1, 0.15) is 18.5 Å². The fourth-order valence-electron chi connectivity index (χ4n) is 6.44. The van der Waals surface area contributed by atoms with Crippen LogP contribution in [0.2, 0.25) is 0 Å². The molecule has 2 aromatic carbocycles. The molecule has 0 saturated heterocycles. The summed E-state index contributed by atoms with van der Waals surface area (Å²) in [5.74, 6) is 1.54. The normalized spacial score (nSPS) is 38.1. The number of hydrogen-bond donors (Lipinski definition) is 3. The van der Waals surface area contributed by atoms with Gasteiger partial charge in [0.15, 0.2) is 0 Å². The number of aryl methyl sites for hydroxylation is 1. The van der Waals surface area contributed by atoms with Crippen molar-refractivity contribution in [3.05, 3.63) is 65.2 Å². The Balaban J connectivity index is 1.37. The van der Waals surface area contributed by atoms with E-state index < -0.39 is 23.7 Å². The van der Waals surface area contributed by atoms with Crippen molar-refractivity contribution in [3.63, 3.8) is 0 Å². The van der Waals surface area contributed by atoms with Gasteiger partial charge in [0.05, 0.1) is 12.2 Å². The molecule has 4 unspecified atom stereocenters. The van der Waals surface area contributed by atoms with Gasteiger partial charge in [-0.25, -0.2) is 0 Å². The standard InChI is InChI=1S/C25H30O4/c1-25-12-11-19-18-10-8-17(29-14-15-5-3-2-4-6-15)13-16(18)7-9-20(19)21(25)22(26)23(27)24(25)28/h2-6,8,10,13,19-24,26-28H,7,9,11-12,14H2,1H3/t19?,20?,21-,22?,23-,24?,25+/m1/s1. The van der Waals surface area contributed by atoms with Crippen LogP contribution in [0.4, 0.5) is 0 Å². The highest BCUT2D eigenvalue weighted by molar-refractivity contribution is 5.41. The van der Waals surface area contributed by atoms with E-state index in [2.05, 4.69) is 30.3 Å². The Morgan fingerprint density at radius 1 is 1.00 bits per heavy atom. The molecule has 4 nitrogen and oxygen atoms in total. The lowest BCUT2D eigenvalue weighted by Gasteiger charge is -2.50. The summed E-state index contributed by atoms with van der Waals surface area (Å²) >= 11 is 0. The fraction of sp³-hybridized carbons (Fsp3) is 0.520. The highest BCUT2D eigenvalue weighted by Gasteiger charge is 2.62. The molecule has 2 fully saturated rings. The van der Waals surface area contributed by atoms with Crippen molar-refractivity contribution in [2.45, 2.75) is 63.4 Å². The van der Waals surface area contributed by atoms with Crippen molar-refractivity contribution in [2.24, 2.45) is 17.3 Å². The van der Waals surface area contributed by atoms with Crippen molar-refractivity contribution >= 4 is 0 Å². The maximum atomic E-state index is 10.7. The number of ether oxygens (including phenoxy) is 1. The second-order valence-electron chi connectivity index (χ2n) is 9.44. The zero-order valence-corrected chi connectivity index (χ0v) is 16.9. The summed E-state index contributed by atoms with van der Waals surface area (Å²) in [7, 11) is 0. The zero-order chi connectivity index (χ0) is 20.2. The highest BCUT2D eigenvalue weighted by atomic mass is 16.5. The molecule has 0 radical (unpaired) electrons. The average molecular weight is 395 g/mol. The van der Waals surface area contributed by atoms with Gasteiger partial charge in [-0.3, -0.25) is 0 Å². The quantitative estimate of drug-likeness (QED) is 0.746. The Kier molecular flexibility index (Phi) is 4.69. The molecule has 0 bridgehead atoms. The molecule has 3 aliphatic rings. The van der Waals surface area contributed by atoms with Crippen LogP contribution in [0.1, 0.15) is 48.8 Å². The van der Waals surface area contributed by atoms with Crippen LogP contribution in [-0.2, 0) is 13.0 Å². The molecular weight excluding hydrogens is 364 g/mol. The van der Waals surface area contributed by atoms with Crippen LogP contribution in [-0.4, -0.2) is 33.6 Å². The van der Waals surface area contributed by atoms with E-state index >= 15 is 0 Å². The van der Waals surface area contributed by atoms with Crippen LogP contribution in [0.5, 0.6) is 5.75 Å². The van der Waals surface area contributed by atoms with E-state index in [0.29, 0.717) is 18.4 Å². The molecule has 3 aliphatic carbocycles. The van der Waals surface area contributed by atoms with Crippen LogP contribution in [0.25, 0.3) is 0 Å². The maximum absolute atomic E-state index is 10.7. The number of aliphatic hydroxyl groups excluding tert-OH is 3. The van der Waals surface area contributed by atoms with Gasteiger partial charge in [-0.05, 0) is 72.3 Å². The van der Waals surface area contributed by atoms with Gasteiger partial charge < -0.3 is 20.1 Å². The summed E-state index contributed by atoms with van der Waals surface area (Å²) < 4.78 is 6.02. The fourth-order valence-corrected chi connectivity index (χ4v) is 6.44. The Labute approximate surface area is 172 Å². The monoisotopic (exact) mass is 394 g/mol. The van der Waals surface area contributed by atoms with Gasteiger partial charge in [-0.1, -0.05) is 43.3 Å². The van der Waals surface area contributed by atoms with E-state index in [1.807, 2.05) is 25.1 Å². The summed E-state index contributed by atoms with van der Waals surface area (Å²) in [6.07, 6.45) is 1.06. The number of rotatable bonds is 3. The van der Waals surface area contributed by atoms with E-state index in [-0.39, 0.29) is 5.92 Å². The van der Waals surface area contributed by atoms with Crippen LogP contribution in [0.3, 0.4) is 0 Å². The van der Waals surface area contributed by atoms with Gasteiger partial charge in [0.25, 0.3) is 0 Å². The Morgan fingerprint density at radius 3 is 2.59 bits per heavy atom. The Bertz CT molecular complexity index is 882. The van der Waals surface area contributed by atoms with Crippen molar-refractivity contribution in [2.75, 3.05) is 0 Å². The highest BCUT2D eigenvalue weighted by Crippen LogP contribution is 2.61. The molecule has 3 N–H and O–H groups in total. The van der Waals surface area contributed by atoms with Crippen molar-refractivity contribution in [1.82, 2.24) is 0 Å². The van der Waals surface area contributed by atoms with E-state index in [4.69, 9.17) is 4.74 Å². The molecule has 2 aromatic rings. The SMILES string of the molecule is C[C@]12CCC3c4ccc(OCc5ccccc5)cc4CCC3[C@@H]1C(O)[C@@H](O)C2O. The molecule has 0 aromatic heterocycles. The molecular formula is C25H30O4. The molecule has 0 aliphatic heterocycles. The predicted molar refractivity (Wildman–Crippen MR) is 111 cm³/mol. The first-order valence-corrected chi connectivity index (χ1v) is 10.8. The Morgan fingerprint density at radius 2 is 1.79 bits per heavy atom. The van der Waals surface area contributed by atoms with Crippen LogP contribution < -0.4 is 4.74 Å². The van der Waals surface area contributed by atoms with Gasteiger partial charge in [-0.15, -0.1) is 0 Å². The second kappa shape index (κ2) is 7.12. The molecule has 29 heavy (non-hydrogen) atoms. The minimum Gasteiger partial charge on any atom is -0.489 e. The molecule has 0 spiro atoms. The lowest BCUT2D eigenvalue weighted by Crippen LogP contribution is -2.46. The lowest BCUT2D eigenvalue weighted by atomic mass is 9.55. The van der Waals surface area contributed by atoms with Crippen molar-refractivity contribution in [3.8, 4) is 5.75 Å². The van der Waals surface area contributed by atoms with E-state index in [1.54, 1.807) is 0 Å². The third kappa shape index (κ3) is 3.00. The second-order valence-corrected chi connectivity index (χ2v) is 9.44. The first kappa shape index (κ1) is 19.1. The average Bonchev–Trinajstić information content (AvgIpc) is 2.93. The molecule has 2 saturated carbocycles. The molecule has 4 heteroatoms. The largest absolute Gasteiger partial charge is 0.489 e. The predicted octanol–water partition coefficient (Wildman–Crippen LogP) is 3.42. The lowest BCUT2D eigenvalue weighted by molar-refractivity contribution is -0.0505. The Hall–Kier alpha value is -1.88. The van der Waals surface area contributed by atoms with Crippen molar-refractivity contribution < 1.29 is 20.1 Å². The summed E-state index contributed by atoms with van der Waals surface area (Å²) in [6, 6.07) is 16.6. The van der Waals surface area contributed by atoms with Gasteiger partial charge in [0, 0.05) is 5.41 Å². The molecule has 154 valence electrons. The van der Waals surface area contributed by atoms with E-state index in [1.165, 1.54) is 11.1 Å². The zero-order valence-electron chi connectivity index (χ0n) is 16.9. The number of fused-ring (bicyclic) bond motifs is 5. The van der Waals surface area contributed by atoms with Crippen molar-refractivity contribution in [1.29, 1.82) is 0 Å². The van der Waals surface area contributed by atoms with Crippen LogP contribution >= 0.6 is 0 Å². The minimum absolute atomic E-state index is 0.0478. The third-order valence-electron chi connectivity index (χ3n) is 7.96. The topological polar surface area (TPSA) is 69.9 Å².